The molecule has 4 rings (SSSR count). The zero-order chi connectivity index (χ0) is 18.9. The molecule has 0 spiro atoms. The van der Waals surface area contributed by atoms with Crippen LogP contribution in [0.4, 0.5) is 0 Å². The van der Waals surface area contributed by atoms with E-state index in [1.165, 1.54) is 6.42 Å². The highest BCUT2D eigenvalue weighted by molar-refractivity contribution is 5.95. The van der Waals surface area contributed by atoms with Gasteiger partial charge >= 0.3 is 0 Å². The first-order chi connectivity index (χ1) is 13.1. The number of methoxy groups -OCH3 is 1. The molecule has 2 amide bonds. The lowest BCUT2D eigenvalue weighted by Crippen LogP contribution is -2.56. The van der Waals surface area contributed by atoms with Gasteiger partial charge in [0.15, 0.2) is 0 Å². The fourth-order valence-electron chi connectivity index (χ4n) is 5.03. The maximum absolute atomic E-state index is 13.4. The number of hydrogen-bond donors (Lipinski definition) is 1. The molecule has 0 radical (unpaired) electrons. The van der Waals surface area contributed by atoms with Crippen LogP contribution in [0.1, 0.15) is 36.0 Å². The Morgan fingerprint density at radius 1 is 1.15 bits per heavy atom. The van der Waals surface area contributed by atoms with Crippen molar-refractivity contribution in [2.24, 2.45) is 11.3 Å². The number of hydrogen-bond acceptors (Lipinski definition) is 4. The van der Waals surface area contributed by atoms with Gasteiger partial charge in [0.2, 0.25) is 5.91 Å². The van der Waals surface area contributed by atoms with Crippen LogP contribution in [0.25, 0.3) is 0 Å². The van der Waals surface area contributed by atoms with E-state index in [0.717, 1.165) is 32.4 Å². The van der Waals surface area contributed by atoms with Crippen molar-refractivity contribution in [2.75, 3.05) is 46.4 Å². The topological polar surface area (TPSA) is 61.9 Å². The van der Waals surface area contributed by atoms with E-state index in [1.807, 2.05) is 28.0 Å². The number of piperazine rings is 1. The molecule has 2 saturated heterocycles. The predicted molar refractivity (Wildman–Crippen MR) is 103 cm³/mol. The van der Waals surface area contributed by atoms with Crippen molar-refractivity contribution in [3.8, 4) is 5.75 Å². The molecule has 1 aromatic rings. The Bertz CT molecular complexity index is 714. The number of nitrogens with zero attached hydrogens (tertiary/aromatic N) is 2. The van der Waals surface area contributed by atoms with Crippen LogP contribution in [0, 0.1) is 11.3 Å². The molecule has 2 aliphatic heterocycles. The fraction of sp³-hybridized carbons (Fsp3) is 0.619. The largest absolute Gasteiger partial charge is 0.497 e. The summed E-state index contributed by atoms with van der Waals surface area (Å²) in [6.45, 7) is 4.23. The summed E-state index contributed by atoms with van der Waals surface area (Å²) in [5.41, 5.74) is 0.442. The Morgan fingerprint density at radius 3 is 2.70 bits per heavy atom. The van der Waals surface area contributed by atoms with Gasteiger partial charge in [0, 0.05) is 38.3 Å². The van der Waals surface area contributed by atoms with Crippen LogP contribution in [-0.2, 0) is 4.79 Å². The van der Waals surface area contributed by atoms with Gasteiger partial charge in [-0.3, -0.25) is 9.59 Å². The van der Waals surface area contributed by atoms with Crippen molar-refractivity contribution >= 4 is 11.8 Å². The van der Waals surface area contributed by atoms with E-state index in [1.54, 1.807) is 13.2 Å². The first-order valence-electron chi connectivity index (χ1n) is 10.1. The Morgan fingerprint density at radius 2 is 1.93 bits per heavy atom. The summed E-state index contributed by atoms with van der Waals surface area (Å²) >= 11 is 0. The number of benzene rings is 1. The molecule has 6 nitrogen and oxygen atoms in total. The molecule has 0 bridgehead atoms. The number of amides is 2. The van der Waals surface area contributed by atoms with Crippen molar-refractivity contribution < 1.29 is 14.3 Å². The number of ether oxygens (including phenoxy) is 1. The Labute approximate surface area is 160 Å². The van der Waals surface area contributed by atoms with E-state index >= 15 is 0 Å². The Hall–Kier alpha value is -2.08. The van der Waals surface area contributed by atoms with Crippen molar-refractivity contribution in [3.63, 3.8) is 0 Å². The minimum atomic E-state index is -0.197. The molecule has 3 fully saturated rings. The van der Waals surface area contributed by atoms with E-state index in [2.05, 4.69) is 5.32 Å². The van der Waals surface area contributed by atoms with Crippen molar-refractivity contribution in [1.82, 2.24) is 15.1 Å². The van der Waals surface area contributed by atoms with Gasteiger partial charge in [-0.25, -0.2) is 0 Å². The normalized spacial score (nSPS) is 28.0. The average Bonchev–Trinajstić information content (AvgIpc) is 3.18. The molecule has 1 aliphatic carbocycles. The SMILES string of the molecule is COc1cccc(C(=O)N2CCN(C(=O)[C@@]34CCCC[C@H]3CNC4)CC2)c1. The van der Waals surface area contributed by atoms with Crippen LogP contribution < -0.4 is 10.1 Å². The lowest BCUT2D eigenvalue weighted by molar-refractivity contribution is -0.146. The molecule has 1 aromatic carbocycles. The zero-order valence-corrected chi connectivity index (χ0v) is 16.1. The van der Waals surface area contributed by atoms with Gasteiger partial charge in [-0.05, 0) is 43.5 Å². The molecule has 2 heterocycles. The van der Waals surface area contributed by atoms with Gasteiger partial charge in [-0.2, -0.15) is 0 Å². The number of carbonyl (C=O) groups excluding carboxylic acids is 2. The molecule has 146 valence electrons. The van der Waals surface area contributed by atoms with Gasteiger partial charge in [0.25, 0.3) is 5.91 Å². The van der Waals surface area contributed by atoms with Gasteiger partial charge in [-0.15, -0.1) is 0 Å². The summed E-state index contributed by atoms with van der Waals surface area (Å²) in [5.74, 6) is 1.49. The summed E-state index contributed by atoms with van der Waals surface area (Å²) in [5, 5.41) is 3.46. The van der Waals surface area contributed by atoms with Gasteiger partial charge < -0.3 is 19.9 Å². The number of carbonyl (C=O) groups is 2. The van der Waals surface area contributed by atoms with Crippen molar-refractivity contribution in [2.45, 2.75) is 25.7 Å². The molecule has 1 N–H and O–H groups in total. The lowest BCUT2D eigenvalue weighted by Gasteiger charge is -2.43. The van der Waals surface area contributed by atoms with Crippen molar-refractivity contribution in [3.05, 3.63) is 29.8 Å². The van der Waals surface area contributed by atoms with Crippen LogP contribution in [0.15, 0.2) is 24.3 Å². The average molecular weight is 371 g/mol. The van der Waals surface area contributed by atoms with Crippen LogP contribution in [-0.4, -0.2) is 68.0 Å². The van der Waals surface area contributed by atoms with E-state index in [9.17, 15) is 9.59 Å². The number of rotatable bonds is 3. The molecule has 0 unspecified atom stereocenters. The second-order valence-electron chi connectivity index (χ2n) is 8.05. The summed E-state index contributed by atoms with van der Waals surface area (Å²) < 4.78 is 5.22. The summed E-state index contributed by atoms with van der Waals surface area (Å²) in [7, 11) is 1.60. The molecule has 3 aliphatic rings. The highest BCUT2D eigenvalue weighted by Gasteiger charge is 2.51. The second-order valence-corrected chi connectivity index (χ2v) is 8.05. The minimum absolute atomic E-state index is 0.0113. The van der Waals surface area contributed by atoms with Gasteiger partial charge in [-0.1, -0.05) is 18.9 Å². The standard InChI is InChI=1S/C21H29N3O3/c1-27-18-7-4-5-16(13-18)19(25)23-9-11-24(12-10-23)20(26)21-8-3-2-6-17(21)14-22-15-21/h4-5,7,13,17,22H,2-3,6,8-12,14-15H2,1H3/t17-,21+/m0/s1. The fourth-order valence-corrected chi connectivity index (χ4v) is 5.03. The molecule has 0 aromatic heterocycles. The first-order valence-corrected chi connectivity index (χ1v) is 10.1. The quantitative estimate of drug-likeness (QED) is 0.880. The molecule has 1 saturated carbocycles. The Kier molecular flexibility index (Phi) is 5.08. The molecular formula is C21H29N3O3. The third-order valence-electron chi connectivity index (χ3n) is 6.63. The van der Waals surface area contributed by atoms with Crippen LogP contribution in [0.5, 0.6) is 5.75 Å². The Balaban J connectivity index is 1.40. The van der Waals surface area contributed by atoms with E-state index < -0.39 is 0 Å². The number of fused-ring (bicyclic) bond motifs is 1. The van der Waals surface area contributed by atoms with Crippen LogP contribution >= 0.6 is 0 Å². The highest BCUT2D eigenvalue weighted by atomic mass is 16.5. The second kappa shape index (κ2) is 7.50. The summed E-state index contributed by atoms with van der Waals surface area (Å²) in [4.78, 5) is 30.0. The van der Waals surface area contributed by atoms with Crippen LogP contribution in [0.3, 0.4) is 0 Å². The maximum atomic E-state index is 13.4. The van der Waals surface area contributed by atoms with Gasteiger partial charge in [0.1, 0.15) is 5.75 Å². The van der Waals surface area contributed by atoms with Gasteiger partial charge in [0.05, 0.1) is 12.5 Å². The highest BCUT2D eigenvalue weighted by Crippen LogP contribution is 2.45. The molecule has 2 atom stereocenters. The van der Waals surface area contributed by atoms with E-state index in [0.29, 0.717) is 49.3 Å². The van der Waals surface area contributed by atoms with Crippen molar-refractivity contribution in [1.29, 1.82) is 0 Å². The molecular weight excluding hydrogens is 342 g/mol. The first kappa shape index (κ1) is 18.3. The zero-order valence-electron chi connectivity index (χ0n) is 16.1. The monoisotopic (exact) mass is 371 g/mol. The predicted octanol–water partition coefficient (Wildman–Crippen LogP) is 1.76. The van der Waals surface area contributed by atoms with E-state index in [-0.39, 0.29) is 11.3 Å². The van der Waals surface area contributed by atoms with Crippen LogP contribution in [0.2, 0.25) is 0 Å². The lowest BCUT2D eigenvalue weighted by atomic mass is 9.67. The third-order valence-corrected chi connectivity index (χ3v) is 6.63. The number of nitrogens with one attached hydrogen (secondary N) is 1. The maximum Gasteiger partial charge on any atom is 0.254 e. The summed E-state index contributed by atoms with van der Waals surface area (Å²) in [6, 6.07) is 7.26. The molecule has 6 heteroatoms. The van der Waals surface area contributed by atoms with E-state index in [4.69, 9.17) is 4.74 Å². The molecule has 27 heavy (non-hydrogen) atoms. The summed E-state index contributed by atoms with van der Waals surface area (Å²) in [6.07, 6.45) is 4.56. The third kappa shape index (κ3) is 3.31. The minimum Gasteiger partial charge on any atom is -0.497 e. The smallest absolute Gasteiger partial charge is 0.254 e.